The van der Waals surface area contributed by atoms with E-state index in [0.717, 1.165) is 5.56 Å². The molecule has 0 aliphatic carbocycles. The molecule has 0 atom stereocenters. The smallest absolute Gasteiger partial charge is 0.231 e. The van der Waals surface area contributed by atoms with E-state index in [9.17, 15) is 14.3 Å². The number of nitrogens with zero attached hydrogens (tertiary/aromatic N) is 1. The molecule has 3 nitrogen and oxygen atoms in total. The van der Waals surface area contributed by atoms with Crippen LogP contribution in [0.3, 0.4) is 0 Å². The number of aromatic hydroxyl groups is 1. The molecule has 0 aliphatic heterocycles. The second-order valence-electron chi connectivity index (χ2n) is 4.88. The fourth-order valence-corrected chi connectivity index (χ4v) is 2.27. The molecule has 0 saturated heterocycles. The minimum Gasteiger partial charge on any atom is -0.508 e. The van der Waals surface area contributed by atoms with Crippen molar-refractivity contribution in [2.75, 3.05) is 11.4 Å². The molecule has 2 rings (SSSR count). The number of hydrogen-bond acceptors (Lipinski definition) is 2. The maximum Gasteiger partial charge on any atom is 0.231 e. The lowest BCUT2D eigenvalue weighted by Crippen LogP contribution is -2.32. The number of phenolic OH excluding ortho intramolecular Hbond substituents is 1. The fourth-order valence-electron chi connectivity index (χ4n) is 2.27. The summed E-state index contributed by atoms with van der Waals surface area (Å²) in [7, 11) is 0. The summed E-state index contributed by atoms with van der Waals surface area (Å²) in [5, 5.41) is 9.60. The Balaban J connectivity index is 2.27. The van der Waals surface area contributed by atoms with E-state index < -0.39 is 0 Å². The summed E-state index contributed by atoms with van der Waals surface area (Å²) >= 11 is 0. The Labute approximate surface area is 123 Å². The molecule has 0 bridgehead atoms. The molecule has 0 aromatic heterocycles. The molecule has 1 amide bonds. The van der Waals surface area contributed by atoms with Crippen molar-refractivity contribution in [3.05, 3.63) is 59.4 Å². The normalized spacial score (nSPS) is 10.4. The molecular formula is C17H18FNO2. The van der Waals surface area contributed by atoms with Crippen molar-refractivity contribution in [3.63, 3.8) is 0 Å². The van der Waals surface area contributed by atoms with Crippen LogP contribution in [0.15, 0.2) is 42.5 Å². The van der Waals surface area contributed by atoms with Gasteiger partial charge < -0.3 is 10.0 Å². The molecule has 0 spiro atoms. The minimum atomic E-state index is -0.380. The number of phenols is 1. The molecular weight excluding hydrogens is 269 g/mol. The fraction of sp³-hybridized carbons (Fsp3) is 0.235. The van der Waals surface area contributed by atoms with Gasteiger partial charge in [0.15, 0.2) is 0 Å². The molecule has 0 fully saturated rings. The van der Waals surface area contributed by atoms with Crippen LogP contribution in [0.4, 0.5) is 10.1 Å². The number of aryl methyl sites for hydroxylation is 1. The van der Waals surface area contributed by atoms with Crippen molar-refractivity contribution in [1.82, 2.24) is 0 Å². The second-order valence-corrected chi connectivity index (χ2v) is 4.88. The molecule has 1 N–H and O–H groups in total. The van der Waals surface area contributed by atoms with Gasteiger partial charge in [0, 0.05) is 12.6 Å². The van der Waals surface area contributed by atoms with Gasteiger partial charge in [-0.3, -0.25) is 4.79 Å². The summed E-state index contributed by atoms with van der Waals surface area (Å²) in [4.78, 5) is 14.0. The largest absolute Gasteiger partial charge is 0.508 e. The number of hydrogen-bond donors (Lipinski definition) is 1. The average molecular weight is 287 g/mol. The summed E-state index contributed by atoms with van der Waals surface area (Å²) in [5.74, 6) is -0.474. The van der Waals surface area contributed by atoms with Crippen molar-refractivity contribution in [1.29, 1.82) is 0 Å². The Morgan fingerprint density at radius 2 is 1.95 bits per heavy atom. The lowest BCUT2D eigenvalue weighted by molar-refractivity contribution is -0.118. The monoisotopic (exact) mass is 287 g/mol. The minimum absolute atomic E-state index is 0.00436. The quantitative estimate of drug-likeness (QED) is 0.936. The van der Waals surface area contributed by atoms with Crippen LogP contribution in [0.1, 0.15) is 18.1 Å². The van der Waals surface area contributed by atoms with Crippen molar-refractivity contribution in [3.8, 4) is 5.75 Å². The zero-order valence-electron chi connectivity index (χ0n) is 12.1. The SMILES string of the molecule is CCN(C(=O)Cc1ccccc1F)c1cc(O)ccc1C. The third kappa shape index (κ3) is 3.40. The maximum absolute atomic E-state index is 13.7. The van der Waals surface area contributed by atoms with Gasteiger partial charge in [-0.2, -0.15) is 0 Å². The second kappa shape index (κ2) is 6.39. The third-order valence-electron chi connectivity index (χ3n) is 3.40. The summed E-state index contributed by atoms with van der Waals surface area (Å²) in [6.45, 7) is 4.17. The van der Waals surface area contributed by atoms with E-state index in [-0.39, 0.29) is 23.9 Å². The standard InChI is InChI=1S/C17H18FNO2/c1-3-19(16-11-14(20)9-8-12(16)2)17(21)10-13-6-4-5-7-15(13)18/h4-9,11,20H,3,10H2,1-2H3. The third-order valence-corrected chi connectivity index (χ3v) is 3.40. The molecule has 0 heterocycles. The summed E-state index contributed by atoms with van der Waals surface area (Å²) in [5.41, 5.74) is 1.91. The Hall–Kier alpha value is -2.36. The van der Waals surface area contributed by atoms with Crippen LogP contribution in [0.2, 0.25) is 0 Å². The van der Waals surface area contributed by atoms with Crippen LogP contribution in [0, 0.1) is 12.7 Å². The Bertz CT molecular complexity index is 655. The molecule has 2 aromatic carbocycles. The molecule has 21 heavy (non-hydrogen) atoms. The number of rotatable bonds is 4. The average Bonchev–Trinajstić information content (AvgIpc) is 2.46. The highest BCUT2D eigenvalue weighted by atomic mass is 19.1. The number of likely N-dealkylation sites (N-methyl/N-ethyl adjacent to an activating group) is 1. The molecule has 0 aliphatic rings. The number of benzene rings is 2. The molecule has 0 unspecified atom stereocenters. The first-order valence-electron chi connectivity index (χ1n) is 6.86. The number of anilines is 1. The first-order valence-corrected chi connectivity index (χ1v) is 6.86. The Morgan fingerprint density at radius 3 is 2.62 bits per heavy atom. The topological polar surface area (TPSA) is 40.5 Å². The predicted molar refractivity (Wildman–Crippen MR) is 81.0 cm³/mol. The van der Waals surface area contributed by atoms with Gasteiger partial charge in [0.05, 0.1) is 12.1 Å². The summed E-state index contributed by atoms with van der Waals surface area (Å²) in [6, 6.07) is 11.1. The van der Waals surface area contributed by atoms with Gasteiger partial charge in [0.2, 0.25) is 5.91 Å². The van der Waals surface area contributed by atoms with Crippen LogP contribution >= 0.6 is 0 Å². The number of amides is 1. The van der Waals surface area contributed by atoms with Gasteiger partial charge in [0.25, 0.3) is 0 Å². The van der Waals surface area contributed by atoms with E-state index in [1.807, 2.05) is 13.8 Å². The predicted octanol–water partition coefficient (Wildman–Crippen LogP) is 3.44. The van der Waals surface area contributed by atoms with Gasteiger partial charge in [-0.15, -0.1) is 0 Å². The maximum atomic E-state index is 13.7. The zero-order chi connectivity index (χ0) is 15.4. The number of halogens is 1. The van der Waals surface area contributed by atoms with Crippen LogP contribution in [-0.4, -0.2) is 17.6 Å². The molecule has 110 valence electrons. The molecule has 0 radical (unpaired) electrons. The highest BCUT2D eigenvalue weighted by Crippen LogP contribution is 2.25. The van der Waals surface area contributed by atoms with Crippen molar-refractivity contribution in [2.45, 2.75) is 20.3 Å². The van der Waals surface area contributed by atoms with E-state index in [0.29, 0.717) is 17.8 Å². The van der Waals surface area contributed by atoms with Crippen molar-refractivity contribution in [2.24, 2.45) is 0 Å². The first-order chi connectivity index (χ1) is 10.0. The van der Waals surface area contributed by atoms with Crippen LogP contribution < -0.4 is 4.90 Å². The van der Waals surface area contributed by atoms with E-state index >= 15 is 0 Å². The van der Waals surface area contributed by atoms with E-state index in [1.165, 1.54) is 6.07 Å². The van der Waals surface area contributed by atoms with Crippen molar-refractivity contribution >= 4 is 11.6 Å². The van der Waals surface area contributed by atoms with E-state index in [4.69, 9.17) is 0 Å². The van der Waals surface area contributed by atoms with Gasteiger partial charge >= 0.3 is 0 Å². The van der Waals surface area contributed by atoms with Gasteiger partial charge in [-0.1, -0.05) is 24.3 Å². The lowest BCUT2D eigenvalue weighted by atomic mass is 10.1. The lowest BCUT2D eigenvalue weighted by Gasteiger charge is -2.23. The first kappa shape index (κ1) is 15.0. The molecule has 2 aromatic rings. The van der Waals surface area contributed by atoms with Crippen LogP contribution in [0.5, 0.6) is 5.75 Å². The van der Waals surface area contributed by atoms with E-state index in [2.05, 4.69) is 0 Å². The van der Waals surface area contributed by atoms with Crippen molar-refractivity contribution < 1.29 is 14.3 Å². The molecule has 4 heteroatoms. The van der Waals surface area contributed by atoms with Crippen LogP contribution in [0.25, 0.3) is 0 Å². The number of carbonyl (C=O) groups excluding carboxylic acids is 1. The zero-order valence-corrected chi connectivity index (χ0v) is 12.1. The summed E-state index contributed by atoms with van der Waals surface area (Å²) in [6.07, 6.45) is -0.00436. The van der Waals surface area contributed by atoms with E-state index in [1.54, 1.807) is 41.3 Å². The highest BCUT2D eigenvalue weighted by Gasteiger charge is 2.18. The Morgan fingerprint density at radius 1 is 1.24 bits per heavy atom. The molecule has 0 saturated carbocycles. The highest BCUT2D eigenvalue weighted by molar-refractivity contribution is 5.95. The van der Waals surface area contributed by atoms with Gasteiger partial charge in [0.1, 0.15) is 11.6 Å². The Kier molecular flexibility index (Phi) is 4.58. The summed E-state index contributed by atoms with van der Waals surface area (Å²) < 4.78 is 13.7. The van der Waals surface area contributed by atoms with Gasteiger partial charge in [-0.25, -0.2) is 4.39 Å². The number of carbonyl (C=O) groups is 1. The van der Waals surface area contributed by atoms with Gasteiger partial charge in [-0.05, 0) is 37.1 Å². The van der Waals surface area contributed by atoms with Crippen LogP contribution in [-0.2, 0) is 11.2 Å².